The third kappa shape index (κ3) is 4.25. The van der Waals surface area contributed by atoms with Crippen LogP contribution < -0.4 is 5.32 Å². The van der Waals surface area contributed by atoms with Gasteiger partial charge in [-0.25, -0.2) is 9.97 Å². The van der Waals surface area contributed by atoms with E-state index in [-0.39, 0.29) is 38.9 Å². The lowest BCUT2D eigenvalue weighted by molar-refractivity contribution is -0.0328. The molecule has 0 atom stereocenters. The summed E-state index contributed by atoms with van der Waals surface area (Å²) in [4.78, 5) is 19.1. The molecule has 22 heavy (non-hydrogen) atoms. The van der Waals surface area contributed by atoms with E-state index in [9.17, 15) is 23.1 Å². The Balaban J connectivity index is 2.24. The normalized spacial score (nSPS) is 11.3. The Morgan fingerprint density at radius 1 is 1.27 bits per heavy atom. The number of nitrogens with zero attached hydrogens (tertiary/aromatic N) is 2. The molecule has 0 radical (unpaired) electrons. The number of amides is 1. The van der Waals surface area contributed by atoms with Crippen LogP contribution in [0.3, 0.4) is 0 Å². The number of thioether (sulfide) groups is 1. The van der Waals surface area contributed by atoms with E-state index in [0.29, 0.717) is 0 Å². The first-order chi connectivity index (χ1) is 10.3. The SMILES string of the molecule is O=C(Nc1cc(SC(F)(F)F)ccc1O)c1nccnc1Cl. The van der Waals surface area contributed by atoms with Crippen LogP contribution in [-0.4, -0.2) is 26.5 Å². The van der Waals surface area contributed by atoms with Crippen molar-refractivity contribution in [2.75, 3.05) is 5.32 Å². The van der Waals surface area contributed by atoms with Crippen LogP contribution in [0, 0.1) is 0 Å². The van der Waals surface area contributed by atoms with Crippen molar-refractivity contribution in [1.82, 2.24) is 9.97 Å². The number of benzene rings is 1. The van der Waals surface area contributed by atoms with Crippen LogP contribution in [0.5, 0.6) is 5.75 Å². The number of phenolic OH excluding ortho intramolecular Hbond substituents is 1. The summed E-state index contributed by atoms with van der Waals surface area (Å²) in [6.07, 6.45) is 2.51. The van der Waals surface area contributed by atoms with Crippen molar-refractivity contribution in [3.63, 3.8) is 0 Å². The Morgan fingerprint density at radius 2 is 1.95 bits per heavy atom. The second-order valence-corrected chi connectivity index (χ2v) is 5.37. The zero-order valence-electron chi connectivity index (χ0n) is 10.6. The Hall–Kier alpha value is -2.00. The van der Waals surface area contributed by atoms with Crippen molar-refractivity contribution in [2.45, 2.75) is 10.4 Å². The van der Waals surface area contributed by atoms with Crippen LogP contribution in [0.2, 0.25) is 5.15 Å². The Kier molecular flexibility index (Phi) is 4.77. The van der Waals surface area contributed by atoms with Crippen molar-refractivity contribution in [3.05, 3.63) is 41.4 Å². The zero-order valence-corrected chi connectivity index (χ0v) is 12.1. The van der Waals surface area contributed by atoms with E-state index in [1.54, 1.807) is 0 Å². The molecule has 2 rings (SSSR count). The summed E-state index contributed by atoms with van der Waals surface area (Å²) in [5.74, 6) is -1.19. The molecule has 0 aliphatic carbocycles. The number of aromatic hydroxyl groups is 1. The minimum absolute atomic E-state index is 0.166. The maximum Gasteiger partial charge on any atom is 0.446 e. The number of carbonyl (C=O) groups is 1. The molecule has 1 amide bonds. The van der Waals surface area contributed by atoms with Gasteiger partial charge in [0.2, 0.25) is 0 Å². The molecule has 2 N–H and O–H groups in total. The number of phenols is 1. The van der Waals surface area contributed by atoms with Crippen molar-refractivity contribution in [1.29, 1.82) is 0 Å². The Morgan fingerprint density at radius 3 is 2.59 bits per heavy atom. The van der Waals surface area contributed by atoms with Crippen molar-refractivity contribution >= 4 is 35.0 Å². The molecule has 1 aromatic heterocycles. The summed E-state index contributed by atoms with van der Waals surface area (Å²) in [5, 5.41) is 11.7. The second kappa shape index (κ2) is 6.41. The number of rotatable bonds is 3. The van der Waals surface area contributed by atoms with E-state index in [2.05, 4.69) is 15.3 Å². The minimum atomic E-state index is -4.48. The average Bonchev–Trinajstić information content (AvgIpc) is 2.41. The molecule has 116 valence electrons. The fourth-order valence-electron chi connectivity index (χ4n) is 1.47. The van der Waals surface area contributed by atoms with Crippen LogP contribution in [-0.2, 0) is 0 Å². The first kappa shape index (κ1) is 16.4. The predicted octanol–water partition coefficient (Wildman–Crippen LogP) is 3.70. The maximum absolute atomic E-state index is 12.3. The van der Waals surface area contributed by atoms with Crippen LogP contribution in [0.25, 0.3) is 0 Å². The molecule has 0 fully saturated rings. The Labute approximate surface area is 131 Å². The third-order valence-corrected chi connectivity index (χ3v) is 3.32. The molecule has 0 aliphatic rings. The van der Waals surface area contributed by atoms with Crippen LogP contribution in [0.4, 0.5) is 18.9 Å². The van der Waals surface area contributed by atoms with Gasteiger partial charge in [0, 0.05) is 17.3 Å². The molecule has 0 unspecified atom stereocenters. The van der Waals surface area contributed by atoms with Gasteiger partial charge in [-0.2, -0.15) is 13.2 Å². The molecule has 5 nitrogen and oxygen atoms in total. The highest BCUT2D eigenvalue weighted by molar-refractivity contribution is 8.00. The fraction of sp³-hybridized carbons (Fsp3) is 0.0833. The minimum Gasteiger partial charge on any atom is -0.506 e. The van der Waals surface area contributed by atoms with Crippen LogP contribution in [0.15, 0.2) is 35.5 Å². The number of halogens is 4. The zero-order chi connectivity index (χ0) is 16.3. The number of aromatic nitrogens is 2. The van der Waals surface area contributed by atoms with Gasteiger partial charge < -0.3 is 10.4 Å². The van der Waals surface area contributed by atoms with Crippen molar-refractivity contribution < 1.29 is 23.1 Å². The number of nitrogens with one attached hydrogen (secondary N) is 1. The Bertz CT molecular complexity index is 712. The molecule has 0 saturated carbocycles. The van der Waals surface area contributed by atoms with E-state index in [0.717, 1.165) is 18.2 Å². The van der Waals surface area contributed by atoms with Gasteiger partial charge in [-0.15, -0.1) is 0 Å². The van der Waals surface area contributed by atoms with Gasteiger partial charge in [-0.3, -0.25) is 4.79 Å². The topological polar surface area (TPSA) is 75.1 Å². The molecule has 0 spiro atoms. The number of alkyl halides is 3. The summed E-state index contributed by atoms with van der Waals surface area (Å²) >= 11 is 5.33. The molecular formula is C12H7ClF3N3O2S. The molecule has 1 heterocycles. The van der Waals surface area contributed by atoms with E-state index in [1.807, 2.05) is 0 Å². The van der Waals surface area contributed by atoms with Crippen molar-refractivity contribution in [2.24, 2.45) is 0 Å². The summed E-state index contributed by atoms with van der Waals surface area (Å²) in [6, 6.07) is 3.12. The van der Waals surface area contributed by atoms with E-state index < -0.39 is 11.4 Å². The lowest BCUT2D eigenvalue weighted by Gasteiger charge is -2.10. The van der Waals surface area contributed by atoms with Gasteiger partial charge >= 0.3 is 5.51 Å². The number of hydrogen-bond acceptors (Lipinski definition) is 5. The van der Waals surface area contributed by atoms with Gasteiger partial charge in [0.05, 0.1) is 5.69 Å². The number of carbonyl (C=O) groups excluding carboxylic acids is 1. The van der Waals surface area contributed by atoms with E-state index >= 15 is 0 Å². The molecule has 2 aromatic rings. The van der Waals surface area contributed by atoms with Gasteiger partial charge in [0.25, 0.3) is 5.91 Å². The van der Waals surface area contributed by atoms with Gasteiger partial charge in [-0.1, -0.05) is 11.6 Å². The summed E-state index contributed by atoms with van der Waals surface area (Å²) in [5.41, 5.74) is -4.88. The quantitative estimate of drug-likeness (QED) is 0.653. The highest BCUT2D eigenvalue weighted by Gasteiger charge is 2.29. The highest BCUT2D eigenvalue weighted by atomic mass is 35.5. The molecule has 10 heteroatoms. The molecule has 1 aromatic carbocycles. The van der Waals surface area contributed by atoms with Gasteiger partial charge in [-0.05, 0) is 30.0 Å². The maximum atomic E-state index is 12.3. The van der Waals surface area contributed by atoms with E-state index in [4.69, 9.17) is 11.6 Å². The first-order valence-electron chi connectivity index (χ1n) is 5.63. The highest BCUT2D eigenvalue weighted by Crippen LogP contribution is 2.39. The molecule has 0 bridgehead atoms. The van der Waals surface area contributed by atoms with Crippen LogP contribution >= 0.6 is 23.4 Å². The fourth-order valence-corrected chi connectivity index (χ4v) is 2.24. The third-order valence-electron chi connectivity index (χ3n) is 2.32. The standard InChI is InChI=1S/C12H7ClF3N3O2S/c13-10-9(17-3-4-18-10)11(21)19-7-5-6(1-2-8(7)20)22-12(14,15)16/h1-5,20H,(H,19,21). The molecule has 0 aliphatic heterocycles. The number of anilines is 1. The predicted molar refractivity (Wildman–Crippen MR) is 75.0 cm³/mol. The lowest BCUT2D eigenvalue weighted by Crippen LogP contribution is -2.15. The summed E-state index contributed by atoms with van der Waals surface area (Å²) in [6.45, 7) is 0. The smallest absolute Gasteiger partial charge is 0.446 e. The van der Waals surface area contributed by atoms with E-state index in [1.165, 1.54) is 12.4 Å². The van der Waals surface area contributed by atoms with Crippen LogP contribution in [0.1, 0.15) is 10.5 Å². The number of hydrogen-bond donors (Lipinski definition) is 2. The molecular weight excluding hydrogens is 343 g/mol. The molecule has 0 saturated heterocycles. The van der Waals surface area contributed by atoms with Crippen molar-refractivity contribution in [3.8, 4) is 5.75 Å². The summed E-state index contributed by atoms with van der Waals surface area (Å²) in [7, 11) is 0. The average molecular weight is 350 g/mol. The van der Waals surface area contributed by atoms with Gasteiger partial charge in [0.15, 0.2) is 10.8 Å². The monoisotopic (exact) mass is 349 g/mol. The lowest BCUT2D eigenvalue weighted by atomic mass is 10.3. The van der Waals surface area contributed by atoms with Gasteiger partial charge in [0.1, 0.15) is 5.75 Å². The first-order valence-corrected chi connectivity index (χ1v) is 6.82. The largest absolute Gasteiger partial charge is 0.506 e. The second-order valence-electron chi connectivity index (χ2n) is 3.88. The summed E-state index contributed by atoms with van der Waals surface area (Å²) < 4.78 is 37.0.